The predicted octanol–water partition coefficient (Wildman–Crippen LogP) is -0.276. The molecule has 4 N–H and O–H groups in total. The molecule has 1 aromatic carbocycles. The fraction of sp³-hybridized carbons (Fsp3) is 0.312. The van der Waals surface area contributed by atoms with E-state index in [9.17, 15) is 14.4 Å². The summed E-state index contributed by atoms with van der Waals surface area (Å²) in [5, 5.41) is 17.7. The van der Waals surface area contributed by atoms with Gasteiger partial charge in [-0.1, -0.05) is 0 Å². The van der Waals surface area contributed by atoms with E-state index in [1.165, 1.54) is 12.0 Å². The van der Waals surface area contributed by atoms with Crippen molar-refractivity contribution in [2.45, 2.75) is 0 Å². The Hall–Kier alpha value is -3.07. The Balaban J connectivity index is 1.88. The van der Waals surface area contributed by atoms with Crippen LogP contribution in [-0.4, -0.2) is 61.1 Å². The Kier molecular flexibility index (Phi) is 4.57. The van der Waals surface area contributed by atoms with Gasteiger partial charge in [0.05, 0.1) is 43.8 Å². The van der Waals surface area contributed by atoms with Gasteiger partial charge in [0.2, 0.25) is 5.91 Å². The van der Waals surface area contributed by atoms with Crippen molar-refractivity contribution < 1.29 is 24.2 Å². The van der Waals surface area contributed by atoms with Gasteiger partial charge in [0, 0.05) is 12.2 Å². The maximum absolute atomic E-state index is 12.5. The molecule has 2 aliphatic heterocycles. The van der Waals surface area contributed by atoms with Crippen LogP contribution in [0.15, 0.2) is 29.5 Å². The summed E-state index contributed by atoms with van der Waals surface area (Å²) in [5.41, 5.74) is 2.20. The number of fused-ring (bicyclic) bond motifs is 1. The molecule has 9 nitrogen and oxygen atoms in total. The SMILES string of the molecule is COC(=O)C1=C(Nc2ccc3c(c2)NC(=O)CN3)C(=O)N(CCO)C1. The van der Waals surface area contributed by atoms with Crippen LogP contribution in [0.5, 0.6) is 0 Å². The Morgan fingerprint density at radius 1 is 1.36 bits per heavy atom. The van der Waals surface area contributed by atoms with E-state index in [4.69, 9.17) is 9.84 Å². The third-order valence-corrected chi connectivity index (χ3v) is 3.96. The van der Waals surface area contributed by atoms with E-state index in [1.54, 1.807) is 18.2 Å². The Morgan fingerprint density at radius 2 is 2.16 bits per heavy atom. The molecular formula is C16H18N4O5. The monoisotopic (exact) mass is 346 g/mol. The highest BCUT2D eigenvalue weighted by atomic mass is 16.5. The molecule has 132 valence electrons. The van der Waals surface area contributed by atoms with Crippen LogP contribution < -0.4 is 16.0 Å². The molecule has 3 rings (SSSR count). The van der Waals surface area contributed by atoms with Crippen LogP contribution in [0.4, 0.5) is 17.1 Å². The lowest BCUT2D eigenvalue weighted by molar-refractivity contribution is -0.136. The quantitative estimate of drug-likeness (QED) is 0.542. The number of esters is 1. The van der Waals surface area contributed by atoms with E-state index in [0.717, 1.165) is 5.69 Å². The summed E-state index contributed by atoms with van der Waals surface area (Å²) in [4.78, 5) is 37.3. The predicted molar refractivity (Wildman–Crippen MR) is 89.9 cm³/mol. The molecule has 0 spiro atoms. The normalized spacial score (nSPS) is 16.3. The van der Waals surface area contributed by atoms with Crippen molar-refractivity contribution in [1.29, 1.82) is 0 Å². The number of nitrogens with one attached hydrogen (secondary N) is 3. The maximum Gasteiger partial charge on any atom is 0.337 e. The summed E-state index contributed by atoms with van der Waals surface area (Å²) in [5.74, 6) is -1.16. The van der Waals surface area contributed by atoms with E-state index < -0.39 is 11.9 Å². The van der Waals surface area contributed by atoms with E-state index in [0.29, 0.717) is 11.4 Å². The standard InChI is InChI=1S/C16H18N4O5/c1-25-16(24)10-8-20(4-5-21)15(23)14(10)18-9-2-3-11-12(6-9)19-13(22)7-17-11/h2-3,6,17-18,21H,4-5,7-8H2,1H3,(H,19,22). The van der Waals surface area contributed by atoms with Crippen molar-refractivity contribution in [3.05, 3.63) is 29.5 Å². The molecule has 0 atom stereocenters. The van der Waals surface area contributed by atoms with Crippen molar-refractivity contribution in [2.75, 3.05) is 49.3 Å². The molecule has 0 unspecified atom stereocenters. The molecule has 0 aliphatic carbocycles. The number of aliphatic hydroxyl groups excluding tert-OH is 1. The van der Waals surface area contributed by atoms with Crippen molar-refractivity contribution in [2.24, 2.45) is 0 Å². The molecule has 1 aromatic rings. The molecule has 0 bridgehead atoms. The molecule has 0 aromatic heterocycles. The van der Waals surface area contributed by atoms with Crippen LogP contribution in [0.2, 0.25) is 0 Å². The maximum atomic E-state index is 12.5. The Morgan fingerprint density at radius 3 is 2.88 bits per heavy atom. The fourth-order valence-corrected chi connectivity index (χ4v) is 2.74. The molecule has 2 amide bonds. The number of nitrogens with zero attached hydrogens (tertiary/aromatic N) is 1. The van der Waals surface area contributed by atoms with Crippen LogP contribution in [0.25, 0.3) is 0 Å². The van der Waals surface area contributed by atoms with Crippen LogP contribution >= 0.6 is 0 Å². The van der Waals surface area contributed by atoms with Crippen molar-refractivity contribution in [1.82, 2.24) is 4.90 Å². The molecule has 2 aliphatic rings. The number of benzene rings is 1. The average molecular weight is 346 g/mol. The number of rotatable bonds is 5. The lowest BCUT2D eigenvalue weighted by atomic mass is 10.2. The van der Waals surface area contributed by atoms with Gasteiger partial charge < -0.3 is 30.7 Å². The van der Waals surface area contributed by atoms with Crippen molar-refractivity contribution in [3.63, 3.8) is 0 Å². The minimum atomic E-state index is -0.607. The number of anilines is 3. The van der Waals surface area contributed by atoms with Crippen molar-refractivity contribution in [3.8, 4) is 0 Å². The number of aliphatic hydroxyl groups is 1. The van der Waals surface area contributed by atoms with Gasteiger partial charge >= 0.3 is 5.97 Å². The van der Waals surface area contributed by atoms with Crippen molar-refractivity contribution >= 4 is 34.8 Å². The first-order chi connectivity index (χ1) is 12.0. The zero-order chi connectivity index (χ0) is 18.0. The second kappa shape index (κ2) is 6.81. The first kappa shape index (κ1) is 16.8. The average Bonchev–Trinajstić information content (AvgIpc) is 2.91. The second-order valence-electron chi connectivity index (χ2n) is 5.58. The highest BCUT2D eigenvalue weighted by Gasteiger charge is 2.34. The molecule has 0 saturated heterocycles. The summed E-state index contributed by atoms with van der Waals surface area (Å²) in [6.07, 6.45) is 0. The number of carbonyl (C=O) groups is 3. The summed E-state index contributed by atoms with van der Waals surface area (Å²) >= 11 is 0. The minimum Gasteiger partial charge on any atom is -0.466 e. The van der Waals surface area contributed by atoms with Crippen LogP contribution in [0, 0.1) is 0 Å². The number of methoxy groups -OCH3 is 1. The summed E-state index contributed by atoms with van der Waals surface area (Å²) in [6, 6.07) is 5.16. The smallest absolute Gasteiger partial charge is 0.337 e. The third kappa shape index (κ3) is 3.26. The van der Waals surface area contributed by atoms with E-state index >= 15 is 0 Å². The molecule has 0 radical (unpaired) electrons. The second-order valence-corrected chi connectivity index (χ2v) is 5.58. The highest BCUT2D eigenvalue weighted by Crippen LogP contribution is 2.30. The fourth-order valence-electron chi connectivity index (χ4n) is 2.74. The van der Waals surface area contributed by atoms with Gasteiger partial charge in [0.25, 0.3) is 5.91 Å². The highest BCUT2D eigenvalue weighted by molar-refractivity contribution is 6.09. The Bertz CT molecular complexity index is 774. The van der Waals surface area contributed by atoms with Gasteiger partial charge in [-0.3, -0.25) is 9.59 Å². The van der Waals surface area contributed by atoms with E-state index in [1.807, 2.05) is 0 Å². The van der Waals surface area contributed by atoms with E-state index in [-0.39, 0.29) is 43.4 Å². The lowest BCUT2D eigenvalue weighted by Gasteiger charge is -2.20. The van der Waals surface area contributed by atoms with E-state index in [2.05, 4.69) is 16.0 Å². The number of ether oxygens (including phenoxy) is 1. The van der Waals surface area contributed by atoms with Gasteiger partial charge in [-0.05, 0) is 18.2 Å². The topological polar surface area (TPSA) is 120 Å². The minimum absolute atomic E-state index is 0.0671. The van der Waals surface area contributed by atoms with Crippen LogP contribution in [0.1, 0.15) is 0 Å². The number of hydrogen-bond acceptors (Lipinski definition) is 7. The van der Waals surface area contributed by atoms with Crippen LogP contribution in [-0.2, 0) is 19.1 Å². The molecule has 25 heavy (non-hydrogen) atoms. The zero-order valence-electron chi connectivity index (χ0n) is 13.6. The molecular weight excluding hydrogens is 328 g/mol. The molecule has 2 heterocycles. The summed E-state index contributed by atoms with van der Waals surface area (Å²) in [7, 11) is 1.24. The number of β-amino-alcohol motifs (C(OH)–C–C–N with tert-alkyl or cyclic N) is 1. The van der Waals surface area contributed by atoms with Crippen LogP contribution in [0.3, 0.4) is 0 Å². The first-order valence-corrected chi connectivity index (χ1v) is 7.70. The van der Waals surface area contributed by atoms with Gasteiger partial charge in [-0.2, -0.15) is 0 Å². The van der Waals surface area contributed by atoms with Gasteiger partial charge in [-0.25, -0.2) is 4.79 Å². The van der Waals surface area contributed by atoms with Gasteiger partial charge in [-0.15, -0.1) is 0 Å². The van der Waals surface area contributed by atoms with Gasteiger partial charge in [0.1, 0.15) is 5.70 Å². The summed E-state index contributed by atoms with van der Waals surface area (Å²) in [6.45, 7) is 0.183. The largest absolute Gasteiger partial charge is 0.466 e. The first-order valence-electron chi connectivity index (χ1n) is 7.70. The third-order valence-electron chi connectivity index (χ3n) is 3.96. The van der Waals surface area contributed by atoms with Gasteiger partial charge in [0.15, 0.2) is 0 Å². The summed E-state index contributed by atoms with van der Waals surface area (Å²) < 4.78 is 4.74. The lowest BCUT2D eigenvalue weighted by Crippen LogP contribution is -2.31. The Labute approximate surface area is 143 Å². The zero-order valence-corrected chi connectivity index (χ0v) is 13.6. The number of amides is 2. The number of carbonyl (C=O) groups excluding carboxylic acids is 3. The molecule has 9 heteroatoms. The molecule has 0 fully saturated rings. The molecule has 0 saturated carbocycles. The number of hydrogen-bond donors (Lipinski definition) is 4.